The van der Waals surface area contributed by atoms with Crippen LogP contribution in [0, 0.1) is 0 Å². The van der Waals surface area contributed by atoms with Crippen molar-refractivity contribution in [1.29, 1.82) is 0 Å². The maximum absolute atomic E-state index is 5.30. The Morgan fingerprint density at radius 3 is 1.52 bits per heavy atom. The van der Waals surface area contributed by atoms with E-state index in [2.05, 4.69) is 211 Å². The SMILES string of the molecule is c1ccc(-c2ccc(-c3nc(-c4cccc(-c5ccccc5)c4)nc(-c4cccc5c4sc4c5ccc5c6ccccc6n(-c6cccc(-c7ccccc7)c6)c54)n3)cc2)cc1. The van der Waals surface area contributed by atoms with Crippen LogP contribution in [0.1, 0.15) is 0 Å². The summed E-state index contributed by atoms with van der Waals surface area (Å²) < 4.78 is 4.82. The van der Waals surface area contributed by atoms with E-state index in [1.165, 1.54) is 54.0 Å². The molecule has 0 atom stereocenters. The molecule has 0 aliphatic rings. The molecule has 12 aromatic rings. The summed E-state index contributed by atoms with van der Waals surface area (Å²) in [5.74, 6) is 1.91. The first kappa shape index (κ1) is 35.9. The fraction of sp³-hybridized carbons (Fsp3) is 0. The molecule has 0 N–H and O–H groups in total. The second kappa shape index (κ2) is 14.9. The highest BCUT2D eigenvalue weighted by Crippen LogP contribution is 2.46. The summed E-state index contributed by atoms with van der Waals surface area (Å²) in [5, 5.41) is 4.86. The first-order chi connectivity index (χ1) is 30.7. The first-order valence-corrected chi connectivity index (χ1v) is 21.7. The molecule has 0 unspecified atom stereocenters. The lowest BCUT2D eigenvalue weighted by atomic mass is 10.0. The standard InChI is InChI=1S/C57H36N4S/c1-4-15-37(16-5-1)40-29-31-41(32-30-40)55-58-56(44-23-12-21-42(35-44)38-17-6-2-7-18-38)60-57(59-55)50-27-14-26-48-49-34-33-47-46-25-10-11-28-51(46)61(52(47)54(49)62-53(48)50)45-24-13-22-43(36-45)39-19-8-3-9-20-39/h1-36H. The highest BCUT2D eigenvalue weighted by molar-refractivity contribution is 7.27. The molecule has 4 nitrogen and oxygen atoms in total. The third-order valence-electron chi connectivity index (χ3n) is 11.9. The Kier molecular flexibility index (Phi) is 8.65. The minimum Gasteiger partial charge on any atom is -0.308 e. The molecule has 290 valence electrons. The van der Waals surface area contributed by atoms with Crippen LogP contribution >= 0.6 is 11.3 Å². The Hall–Kier alpha value is -7.99. The van der Waals surface area contributed by atoms with Crippen LogP contribution in [0.15, 0.2) is 218 Å². The molecule has 0 aliphatic heterocycles. The molecule has 62 heavy (non-hydrogen) atoms. The second-order valence-corrected chi connectivity index (χ2v) is 16.6. The lowest BCUT2D eigenvalue weighted by Gasteiger charge is -2.11. The summed E-state index contributed by atoms with van der Waals surface area (Å²) in [6.45, 7) is 0. The molecule has 0 aliphatic carbocycles. The van der Waals surface area contributed by atoms with Gasteiger partial charge in [-0.2, -0.15) is 0 Å². The summed E-state index contributed by atoms with van der Waals surface area (Å²) in [4.78, 5) is 15.8. The average Bonchev–Trinajstić information content (AvgIpc) is 3.91. The number of hydrogen-bond donors (Lipinski definition) is 0. The molecule has 0 radical (unpaired) electrons. The molecule has 0 fully saturated rings. The van der Waals surface area contributed by atoms with Gasteiger partial charge < -0.3 is 4.57 Å². The van der Waals surface area contributed by atoms with Crippen LogP contribution in [-0.4, -0.2) is 19.5 Å². The Morgan fingerprint density at radius 2 is 0.790 bits per heavy atom. The highest BCUT2D eigenvalue weighted by Gasteiger charge is 2.21. The van der Waals surface area contributed by atoms with E-state index in [0.29, 0.717) is 17.5 Å². The van der Waals surface area contributed by atoms with Gasteiger partial charge in [-0.25, -0.2) is 15.0 Å². The van der Waals surface area contributed by atoms with Gasteiger partial charge >= 0.3 is 0 Å². The van der Waals surface area contributed by atoms with Crippen LogP contribution in [0.4, 0.5) is 0 Å². The molecule has 0 spiro atoms. The monoisotopic (exact) mass is 808 g/mol. The van der Waals surface area contributed by atoms with Crippen molar-refractivity contribution in [3.05, 3.63) is 218 Å². The summed E-state index contributed by atoms with van der Waals surface area (Å²) in [6, 6.07) is 77.4. The molecule has 3 heterocycles. The zero-order valence-electron chi connectivity index (χ0n) is 33.5. The van der Waals surface area contributed by atoms with E-state index >= 15 is 0 Å². The second-order valence-electron chi connectivity index (χ2n) is 15.6. The van der Waals surface area contributed by atoms with Crippen molar-refractivity contribution < 1.29 is 0 Å². The lowest BCUT2D eigenvalue weighted by Crippen LogP contribution is -2.00. The van der Waals surface area contributed by atoms with Crippen LogP contribution < -0.4 is 0 Å². The van der Waals surface area contributed by atoms with Crippen molar-refractivity contribution in [3.8, 4) is 73.2 Å². The summed E-state index contributed by atoms with van der Waals surface area (Å²) in [6.07, 6.45) is 0. The van der Waals surface area contributed by atoms with Crippen LogP contribution in [-0.2, 0) is 0 Å². The van der Waals surface area contributed by atoms with E-state index in [-0.39, 0.29) is 0 Å². The summed E-state index contributed by atoms with van der Waals surface area (Å²) >= 11 is 1.82. The van der Waals surface area contributed by atoms with Gasteiger partial charge in [-0.15, -0.1) is 11.3 Å². The molecule has 9 aromatic carbocycles. The predicted molar refractivity (Wildman–Crippen MR) is 260 cm³/mol. The number of aromatic nitrogens is 4. The fourth-order valence-corrected chi connectivity index (χ4v) is 10.2. The van der Waals surface area contributed by atoms with Gasteiger partial charge in [0.25, 0.3) is 0 Å². The van der Waals surface area contributed by atoms with Crippen molar-refractivity contribution in [3.63, 3.8) is 0 Å². The average molecular weight is 809 g/mol. The van der Waals surface area contributed by atoms with Gasteiger partial charge in [0.1, 0.15) is 0 Å². The van der Waals surface area contributed by atoms with Crippen LogP contribution in [0.25, 0.3) is 115 Å². The minimum absolute atomic E-state index is 0.633. The number of para-hydroxylation sites is 1. The Labute approximate surface area is 362 Å². The molecular formula is C57H36N4S. The number of nitrogens with zero attached hydrogens (tertiary/aromatic N) is 4. The molecule has 0 bridgehead atoms. The molecule has 0 amide bonds. The van der Waals surface area contributed by atoms with Gasteiger partial charge in [0.2, 0.25) is 0 Å². The maximum Gasteiger partial charge on any atom is 0.165 e. The zero-order chi connectivity index (χ0) is 41.0. The third kappa shape index (κ3) is 6.18. The number of fused-ring (bicyclic) bond motifs is 7. The molecule has 0 saturated heterocycles. The van der Waals surface area contributed by atoms with Crippen LogP contribution in [0.3, 0.4) is 0 Å². The van der Waals surface area contributed by atoms with Gasteiger partial charge in [0.15, 0.2) is 17.5 Å². The molecule has 12 rings (SSSR count). The maximum atomic E-state index is 5.30. The number of benzene rings is 9. The fourth-order valence-electron chi connectivity index (χ4n) is 8.87. The van der Waals surface area contributed by atoms with E-state index in [4.69, 9.17) is 15.0 Å². The first-order valence-electron chi connectivity index (χ1n) is 20.8. The van der Waals surface area contributed by atoms with Crippen molar-refractivity contribution in [2.75, 3.05) is 0 Å². The predicted octanol–water partition coefficient (Wildman–Crippen LogP) is 15.3. The molecule has 0 saturated carbocycles. The molecule has 3 aromatic heterocycles. The van der Waals surface area contributed by atoms with Crippen molar-refractivity contribution >= 4 is 53.3 Å². The normalized spacial score (nSPS) is 11.5. The van der Waals surface area contributed by atoms with E-state index in [1.54, 1.807) is 0 Å². The highest BCUT2D eigenvalue weighted by atomic mass is 32.1. The number of rotatable bonds is 7. The van der Waals surface area contributed by atoms with Gasteiger partial charge in [0, 0.05) is 48.6 Å². The van der Waals surface area contributed by atoms with E-state index < -0.39 is 0 Å². The Bertz CT molecular complexity index is 3610. The minimum atomic E-state index is 0.633. The number of thiophene rings is 1. The summed E-state index contributed by atoms with van der Waals surface area (Å²) in [7, 11) is 0. The largest absolute Gasteiger partial charge is 0.308 e. The quantitative estimate of drug-likeness (QED) is 0.161. The van der Waals surface area contributed by atoms with E-state index in [9.17, 15) is 0 Å². The van der Waals surface area contributed by atoms with E-state index in [1.807, 2.05) is 23.5 Å². The number of hydrogen-bond acceptors (Lipinski definition) is 4. The Morgan fingerprint density at radius 1 is 0.306 bits per heavy atom. The van der Waals surface area contributed by atoms with Gasteiger partial charge in [0.05, 0.1) is 15.7 Å². The van der Waals surface area contributed by atoms with Gasteiger partial charge in [-0.1, -0.05) is 188 Å². The van der Waals surface area contributed by atoms with Crippen LogP contribution in [0.2, 0.25) is 0 Å². The topological polar surface area (TPSA) is 43.6 Å². The third-order valence-corrected chi connectivity index (χ3v) is 13.1. The zero-order valence-corrected chi connectivity index (χ0v) is 34.3. The Balaban J connectivity index is 1.07. The van der Waals surface area contributed by atoms with Crippen molar-refractivity contribution in [2.45, 2.75) is 0 Å². The van der Waals surface area contributed by atoms with Gasteiger partial charge in [-0.05, 0) is 63.7 Å². The van der Waals surface area contributed by atoms with Crippen LogP contribution in [0.5, 0.6) is 0 Å². The van der Waals surface area contributed by atoms with E-state index in [0.717, 1.165) is 43.8 Å². The molecular weight excluding hydrogens is 773 g/mol. The smallest absolute Gasteiger partial charge is 0.165 e. The van der Waals surface area contributed by atoms with Crippen molar-refractivity contribution in [1.82, 2.24) is 19.5 Å². The van der Waals surface area contributed by atoms with Crippen molar-refractivity contribution in [2.24, 2.45) is 0 Å². The lowest BCUT2D eigenvalue weighted by molar-refractivity contribution is 1.08. The molecule has 5 heteroatoms. The van der Waals surface area contributed by atoms with Gasteiger partial charge in [-0.3, -0.25) is 0 Å². The summed E-state index contributed by atoms with van der Waals surface area (Å²) in [5.41, 5.74) is 13.3.